The van der Waals surface area contributed by atoms with Gasteiger partial charge in [-0.25, -0.2) is 9.97 Å². The van der Waals surface area contributed by atoms with Gasteiger partial charge in [0.25, 0.3) is 0 Å². The summed E-state index contributed by atoms with van der Waals surface area (Å²) in [7, 11) is -1.10. The molecule has 1 aliphatic carbocycles. The molecule has 0 fully saturated rings. The number of thiophene rings is 1. The summed E-state index contributed by atoms with van der Waals surface area (Å²) >= 11 is 1.87. The van der Waals surface area contributed by atoms with Gasteiger partial charge >= 0.3 is 0 Å². The van der Waals surface area contributed by atoms with E-state index in [1.807, 2.05) is 23.5 Å². The minimum Gasteiger partial charge on any atom is -0.244 e. The van der Waals surface area contributed by atoms with Crippen LogP contribution in [0.15, 0.2) is 152 Å². The summed E-state index contributed by atoms with van der Waals surface area (Å²) in [5.41, 5.74) is 8.74. The Morgan fingerprint density at radius 2 is 1.02 bits per heavy atom. The summed E-state index contributed by atoms with van der Waals surface area (Å²) in [4.78, 5) is 10.2. The van der Waals surface area contributed by atoms with Crippen molar-refractivity contribution >= 4 is 77.2 Å². The van der Waals surface area contributed by atoms with Gasteiger partial charge in [0, 0.05) is 36.7 Å². The molecule has 0 bridgehead atoms. The lowest BCUT2D eigenvalue weighted by atomic mass is 9.97. The first-order valence-electron chi connectivity index (χ1n) is 15.6. The van der Waals surface area contributed by atoms with Crippen molar-refractivity contribution in [3.63, 3.8) is 0 Å². The number of rotatable bonds is 4. The van der Waals surface area contributed by atoms with Gasteiger partial charge in [-0.05, 0) is 83.2 Å². The normalized spacial score (nSPS) is 12.1. The summed E-state index contributed by atoms with van der Waals surface area (Å²) in [6.07, 6.45) is 0. The molecule has 46 heavy (non-hydrogen) atoms. The van der Waals surface area contributed by atoms with Gasteiger partial charge in [-0.3, -0.25) is 0 Å². The van der Waals surface area contributed by atoms with Gasteiger partial charge in [-0.2, -0.15) is 0 Å². The van der Waals surface area contributed by atoms with Crippen molar-refractivity contribution in [2.45, 2.75) is 0 Å². The molecule has 0 saturated heterocycles. The van der Waals surface area contributed by atoms with Crippen LogP contribution < -0.4 is 15.9 Å². The summed E-state index contributed by atoms with van der Waals surface area (Å²) in [5, 5.41) is 9.40. The maximum atomic E-state index is 5.11. The van der Waals surface area contributed by atoms with Gasteiger partial charge in [0.05, 0.1) is 30.3 Å². The summed E-state index contributed by atoms with van der Waals surface area (Å²) in [6, 6.07) is 55.4. The zero-order chi connectivity index (χ0) is 30.2. The molecule has 1 aliphatic rings. The SMILES string of the molecule is c1ccc([PH+](c2ccccc2)c2ccc(-c3ccc4sc5cc6c7c(cccc7c5c4c3)-c3nc4ccccc4nc3-6)cc2)cc1. The zero-order valence-corrected chi connectivity index (χ0v) is 26.6. The predicted octanol–water partition coefficient (Wildman–Crippen LogP) is 9.96. The van der Waals surface area contributed by atoms with Crippen LogP contribution in [0.2, 0.25) is 0 Å². The quantitative estimate of drug-likeness (QED) is 0.183. The molecule has 10 rings (SSSR count). The number of aromatic nitrogens is 2. The maximum absolute atomic E-state index is 5.11. The molecule has 0 amide bonds. The first-order valence-corrected chi connectivity index (χ1v) is 17.9. The van der Waals surface area contributed by atoms with E-state index in [2.05, 4.69) is 140 Å². The van der Waals surface area contributed by atoms with Gasteiger partial charge in [0.15, 0.2) is 0 Å². The molecule has 0 aliphatic heterocycles. The maximum Gasteiger partial charge on any atom is 0.102 e. The van der Waals surface area contributed by atoms with E-state index in [-0.39, 0.29) is 0 Å². The molecule has 7 aromatic carbocycles. The van der Waals surface area contributed by atoms with Crippen LogP contribution in [-0.4, -0.2) is 9.97 Å². The van der Waals surface area contributed by atoms with Gasteiger partial charge in [-0.1, -0.05) is 84.9 Å². The second kappa shape index (κ2) is 10.2. The summed E-state index contributed by atoms with van der Waals surface area (Å²) in [6.45, 7) is 0. The van der Waals surface area contributed by atoms with Gasteiger partial charge < -0.3 is 0 Å². The minimum absolute atomic E-state index is 0.940. The Morgan fingerprint density at radius 1 is 0.413 bits per heavy atom. The van der Waals surface area contributed by atoms with Crippen molar-refractivity contribution < 1.29 is 0 Å². The fourth-order valence-electron chi connectivity index (χ4n) is 7.23. The molecule has 0 atom stereocenters. The largest absolute Gasteiger partial charge is 0.244 e. The Balaban J connectivity index is 1.11. The second-order valence-corrected chi connectivity index (χ2v) is 15.5. The lowest BCUT2D eigenvalue weighted by Gasteiger charge is -2.11. The van der Waals surface area contributed by atoms with Crippen LogP contribution in [0.5, 0.6) is 0 Å². The molecule has 9 aromatic rings. The van der Waals surface area contributed by atoms with E-state index in [9.17, 15) is 0 Å². The van der Waals surface area contributed by atoms with E-state index in [0.29, 0.717) is 0 Å². The topological polar surface area (TPSA) is 25.8 Å². The third-order valence-corrected chi connectivity index (χ3v) is 13.2. The summed E-state index contributed by atoms with van der Waals surface area (Å²) in [5.74, 6) is 0. The van der Waals surface area contributed by atoms with Crippen LogP contribution >= 0.6 is 19.3 Å². The molecule has 4 heteroatoms. The zero-order valence-electron chi connectivity index (χ0n) is 24.7. The molecule has 2 nitrogen and oxygen atoms in total. The molecular weight excluding hydrogens is 596 g/mol. The molecule has 0 N–H and O–H groups in total. The lowest BCUT2D eigenvalue weighted by molar-refractivity contribution is 1.32. The highest BCUT2D eigenvalue weighted by Gasteiger charge is 2.28. The van der Waals surface area contributed by atoms with Crippen molar-refractivity contribution in [1.29, 1.82) is 0 Å². The smallest absolute Gasteiger partial charge is 0.102 e. The van der Waals surface area contributed by atoms with Gasteiger partial charge in [-0.15, -0.1) is 11.3 Å². The Kier molecular flexibility index (Phi) is 5.75. The van der Waals surface area contributed by atoms with Gasteiger partial charge in [0.1, 0.15) is 15.9 Å². The van der Waals surface area contributed by atoms with E-state index in [1.54, 1.807) is 0 Å². The number of benzene rings is 7. The van der Waals surface area contributed by atoms with Crippen molar-refractivity contribution in [2.24, 2.45) is 0 Å². The van der Waals surface area contributed by atoms with Crippen molar-refractivity contribution in [2.75, 3.05) is 0 Å². The van der Waals surface area contributed by atoms with Crippen LogP contribution in [0.1, 0.15) is 0 Å². The number of hydrogen-bond acceptors (Lipinski definition) is 3. The number of hydrogen-bond donors (Lipinski definition) is 0. The molecule has 0 radical (unpaired) electrons. The Labute approximate surface area is 271 Å². The number of para-hydroxylation sites is 2. The van der Waals surface area contributed by atoms with Crippen molar-refractivity contribution in [1.82, 2.24) is 9.97 Å². The predicted molar refractivity (Wildman–Crippen MR) is 200 cm³/mol. The highest BCUT2D eigenvalue weighted by molar-refractivity contribution is 7.79. The van der Waals surface area contributed by atoms with E-state index >= 15 is 0 Å². The van der Waals surface area contributed by atoms with Crippen molar-refractivity contribution in [3.05, 3.63) is 152 Å². The molecule has 2 heterocycles. The fourth-order valence-corrected chi connectivity index (χ4v) is 10.9. The molecule has 2 aromatic heterocycles. The monoisotopic (exact) mass is 621 g/mol. The Morgan fingerprint density at radius 3 is 1.72 bits per heavy atom. The molecule has 214 valence electrons. The third kappa shape index (κ3) is 3.93. The van der Waals surface area contributed by atoms with E-state index in [1.165, 1.54) is 69.1 Å². The first-order chi connectivity index (χ1) is 22.8. The fraction of sp³-hybridized carbons (Fsp3) is 0. The van der Waals surface area contributed by atoms with Crippen molar-refractivity contribution in [3.8, 4) is 33.6 Å². The van der Waals surface area contributed by atoms with E-state index < -0.39 is 7.92 Å². The highest BCUT2D eigenvalue weighted by Crippen LogP contribution is 2.51. The average molecular weight is 622 g/mol. The van der Waals surface area contributed by atoms with Crippen LogP contribution in [0.3, 0.4) is 0 Å². The third-order valence-electron chi connectivity index (χ3n) is 9.31. The minimum atomic E-state index is -1.10. The standard InChI is InChI=1S/C42H25N2PS/c1-3-10-28(11-4-1)45(29-12-5-2-6-13-29)30-21-18-26(19-22-30)27-20-23-37-33(24-27)40-31-14-9-15-32-39(31)34(25-38(40)46-37)42-41(32)43-35-16-7-8-17-36(35)44-42/h1-25H/p+1. The highest BCUT2D eigenvalue weighted by atomic mass is 32.1. The van der Waals surface area contributed by atoms with Gasteiger partial charge in [0.2, 0.25) is 0 Å². The van der Waals surface area contributed by atoms with Crippen LogP contribution in [-0.2, 0) is 0 Å². The summed E-state index contributed by atoms with van der Waals surface area (Å²) < 4.78 is 2.60. The van der Waals surface area contributed by atoms with E-state index in [4.69, 9.17) is 9.97 Å². The van der Waals surface area contributed by atoms with Crippen LogP contribution in [0.25, 0.3) is 75.6 Å². The Bertz CT molecular complexity index is 2590. The average Bonchev–Trinajstić information content (AvgIpc) is 3.64. The molecule has 0 unspecified atom stereocenters. The number of nitrogens with zero attached hydrogens (tertiary/aromatic N) is 2. The number of fused-ring (bicyclic) bond motifs is 8. The lowest BCUT2D eigenvalue weighted by Crippen LogP contribution is -2.20. The van der Waals surface area contributed by atoms with Crippen LogP contribution in [0, 0.1) is 0 Å². The Hall–Kier alpha value is -5.21. The molecule has 0 saturated carbocycles. The molecule has 0 spiro atoms. The second-order valence-electron chi connectivity index (χ2n) is 11.9. The molecular formula is C42H26N2PS+. The van der Waals surface area contributed by atoms with E-state index in [0.717, 1.165) is 22.4 Å². The first kappa shape index (κ1) is 26.1. The van der Waals surface area contributed by atoms with Crippen LogP contribution in [0.4, 0.5) is 0 Å².